The van der Waals surface area contributed by atoms with Crippen molar-refractivity contribution >= 4 is 35.8 Å². The molecule has 1 saturated heterocycles. The van der Waals surface area contributed by atoms with Gasteiger partial charge in [-0.2, -0.15) is 0 Å². The van der Waals surface area contributed by atoms with Crippen LogP contribution in [0.25, 0.3) is 0 Å². The number of nitrogens with zero attached hydrogens (tertiary/aromatic N) is 1. The molecule has 1 aliphatic carbocycles. The van der Waals surface area contributed by atoms with Crippen LogP contribution in [0.3, 0.4) is 0 Å². The van der Waals surface area contributed by atoms with Gasteiger partial charge in [0.2, 0.25) is 5.91 Å². The first-order valence-electron chi connectivity index (χ1n) is 6.66. The summed E-state index contributed by atoms with van der Waals surface area (Å²) in [7, 11) is 0. The van der Waals surface area contributed by atoms with Crippen LogP contribution in [0.4, 0.5) is 0 Å². The molecular formula is C12H23IN4O2. The summed E-state index contributed by atoms with van der Waals surface area (Å²) < 4.78 is 5.48. The molecule has 2 aliphatic rings. The highest BCUT2D eigenvalue weighted by Crippen LogP contribution is 2.20. The van der Waals surface area contributed by atoms with Crippen LogP contribution in [0.5, 0.6) is 0 Å². The molecule has 6 nitrogen and oxygen atoms in total. The van der Waals surface area contributed by atoms with E-state index < -0.39 is 12.0 Å². The number of nitrogens with two attached hydrogens (primary N) is 2. The highest BCUT2D eigenvalue weighted by atomic mass is 127. The fraction of sp³-hybridized carbons (Fsp3) is 0.833. The van der Waals surface area contributed by atoms with Gasteiger partial charge in [0.25, 0.3) is 0 Å². The molecule has 0 aromatic rings. The zero-order valence-electron chi connectivity index (χ0n) is 11.0. The van der Waals surface area contributed by atoms with Gasteiger partial charge in [-0.3, -0.25) is 9.79 Å². The third-order valence-corrected chi connectivity index (χ3v) is 3.60. The number of hydrogen-bond acceptors (Lipinski definition) is 3. The van der Waals surface area contributed by atoms with Crippen molar-refractivity contribution in [3.63, 3.8) is 0 Å². The molecule has 2 atom stereocenters. The van der Waals surface area contributed by atoms with E-state index in [4.69, 9.17) is 16.2 Å². The van der Waals surface area contributed by atoms with E-state index in [9.17, 15) is 4.79 Å². The Balaban J connectivity index is 0.00000180. The molecule has 1 amide bonds. The second-order valence-electron chi connectivity index (χ2n) is 5.08. The molecule has 1 heterocycles. The first kappa shape index (κ1) is 16.5. The Morgan fingerprint density at radius 2 is 1.89 bits per heavy atom. The molecule has 0 aromatic heterocycles. The Bertz CT molecular complexity index is 332. The number of guanidine groups is 1. The molecule has 5 N–H and O–H groups in total. The van der Waals surface area contributed by atoms with Gasteiger partial charge in [0.05, 0.1) is 12.6 Å². The van der Waals surface area contributed by atoms with Crippen molar-refractivity contribution in [2.75, 3.05) is 6.54 Å². The van der Waals surface area contributed by atoms with E-state index in [1.165, 1.54) is 25.7 Å². The van der Waals surface area contributed by atoms with Gasteiger partial charge in [-0.05, 0) is 25.7 Å². The number of ether oxygens (including phenoxy) is 1. The van der Waals surface area contributed by atoms with Gasteiger partial charge >= 0.3 is 0 Å². The largest absolute Gasteiger partial charge is 0.370 e. The molecular weight excluding hydrogens is 359 g/mol. The number of halogens is 1. The SMILES string of the molecule is I.NC(=O)C1CCC(CN=C(N)NC2CCCC2)O1. The number of hydrogen-bond donors (Lipinski definition) is 3. The zero-order chi connectivity index (χ0) is 13.0. The molecule has 2 unspecified atom stereocenters. The smallest absolute Gasteiger partial charge is 0.246 e. The lowest BCUT2D eigenvalue weighted by Crippen LogP contribution is -2.39. The van der Waals surface area contributed by atoms with Gasteiger partial charge in [-0.15, -0.1) is 24.0 Å². The molecule has 0 bridgehead atoms. The normalized spacial score (nSPS) is 28.1. The molecule has 2 rings (SSSR count). The maximum atomic E-state index is 10.9. The van der Waals surface area contributed by atoms with Crippen LogP contribution >= 0.6 is 24.0 Å². The summed E-state index contributed by atoms with van der Waals surface area (Å²) in [5.74, 6) is 0.0894. The minimum atomic E-state index is -0.450. The van der Waals surface area contributed by atoms with Crippen molar-refractivity contribution in [1.29, 1.82) is 0 Å². The van der Waals surface area contributed by atoms with Crippen LogP contribution in [0.2, 0.25) is 0 Å². The van der Waals surface area contributed by atoms with Gasteiger partial charge in [0.15, 0.2) is 5.96 Å². The van der Waals surface area contributed by atoms with E-state index in [0.717, 1.165) is 6.42 Å². The van der Waals surface area contributed by atoms with Gasteiger partial charge in [0.1, 0.15) is 6.10 Å². The quantitative estimate of drug-likeness (QED) is 0.374. The second-order valence-corrected chi connectivity index (χ2v) is 5.08. The van der Waals surface area contributed by atoms with E-state index in [1.54, 1.807) is 0 Å². The maximum absolute atomic E-state index is 10.9. The molecule has 1 saturated carbocycles. The Kier molecular flexibility index (Phi) is 6.84. The summed E-state index contributed by atoms with van der Waals surface area (Å²) in [6, 6.07) is 0.469. The van der Waals surface area contributed by atoms with E-state index in [2.05, 4.69) is 10.3 Å². The lowest BCUT2D eigenvalue weighted by Gasteiger charge is -2.13. The lowest BCUT2D eigenvalue weighted by atomic mass is 10.2. The minimum Gasteiger partial charge on any atom is -0.370 e. The summed E-state index contributed by atoms with van der Waals surface area (Å²) in [5.41, 5.74) is 11.0. The summed E-state index contributed by atoms with van der Waals surface area (Å²) in [6.07, 6.45) is 5.87. The number of aliphatic imine (C=N–C) groups is 1. The highest BCUT2D eigenvalue weighted by molar-refractivity contribution is 14.0. The van der Waals surface area contributed by atoms with Crippen molar-refractivity contribution < 1.29 is 9.53 Å². The van der Waals surface area contributed by atoms with Gasteiger partial charge in [-0.25, -0.2) is 0 Å². The summed E-state index contributed by atoms with van der Waals surface area (Å²) in [6.45, 7) is 0.495. The van der Waals surface area contributed by atoms with Crippen LogP contribution in [-0.2, 0) is 9.53 Å². The molecule has 0 radical (unpaired) electrons. The van der Waals surface area contributed by atoms with E-state index in [-0.39, 0.29) is 30.1 Å². The first-order chi connectivity index (χ1) is 8.65. The van der Waals surface area contributed by atoms with Crippen LogP contribution in [0, 0.1) is 0 Å². The van der Waals surface area contributed by atoms with E-state index >= 15 is 0 Å². The monoisotopic (exact) mass is 382 g/mol. The van der Waals surface area contributed by atoms with E-state index in [1.807, 2.05) is 0 Å². The summed E-state index contributed by atoms with van der Waals surface area (Å²) in [5, 5.41) is 3.22. The molecule has 2 fully saturated rings. The molecule has 0 spiro atoms. The Morgan fingerprint density at radius 3 is 2.47 bits per heavy atom. The third kappa shape index (κ3) is 5.13. The number of primary amides is 1. The molecule has 1 aliphatic heterocycles. The van der Waals surface area contributed by atoms with Crippen molar-refractivity contribution in [3.05, 3.63) is 0 Å². The van der Waals surface area contributed by atoms with Crippen molar-refractivity contribution in [2.24, 2.45) is 16.5 Å². The van der Waals surface area contributed by atoms with Gasteiger partial charge in [-0.1, -0.05) is 12.8 Å². The first-order valence-corrected chi connectivity index (χ1v) is 6.66. The van der Waals surface area contributed by atoms with Crippen LogP contribution in [0.15, 0.2) is 4.99 Å². The van der Waals surface area contributed by atoms with Crippen molar-refractivity contribution in [1.82, 2.24) is 5.32 Å². The third-order valence-electron chi connectivity index (χ3n) is 3.60. The van der Waals surface area contributed by atoms with Crippen LogP contribution < -0.4 is 16.8 Å². The predicted molar refractivity (Wildman–Crippen MR) is 84.4 cm³/mol. The Labute approximate surface area is 130 Å². The standard InChI is InChI=1S/C12H22N4O2.HI/c13-11(17)10-6-5-9(18-10)7-15-12(14)16-8-3-1-2-4-8;/h8-10H,1-7H2,(H2,13,17)(H3,14,15,16);1H. The average Bonchev–Trinajstić information content (AvgIpc) is 2.96. The van der Waals surface area contributed by atoms with Gasteiger partial charge in [0, 0.05) is 6.04 Å². The maximum Gasteiger partial charge on any atom is 0.246 e. The van der Waals surface area contributed by atoms with E-state index in [0.29, 0.717) is 25.0 Å². The molecule has 110 valence electrons. The fourth-order valence-corrected chi connectivity index (χ4v) is 2.57. The summed E-state index contributed by atoms with van der Waals surface area (Å²) in [4.78, 5) is 15.2. The topological polar surface area (TPSA) is 103 Å². The Morgan fingerprint density at radius 1 is 1.21 bits per heavy atom. The zero-order valence-corrected chi connectivity index (χ0v) is 13.3. The highest BCUT2D eigenvalue weighted by Gasteiger charge is 2.28. The lowest BCUT2D eigenvalue weighted by molar-refractivity contribution is -0.128. The number of amides is 1. The van der Waals surface area contributed by atoms with Crippen LogP contribution in [0.1, 0.15) is 38.5 Å². The van der Waals surface area contributed by atoms with Crippen LogP contribution in [-0.4, -0.2) is 36.7 Å². The molecule has 7 heteroatoms. The number of nitrogens with one attached hydrogen (secondary N) is 1. The Hall–Kier alpha value is -0.570. The number of carbonyl (C=O) groups is 1. The fourth-order valence-electron chi connectivity index (χ4n) is 2.57. The minimum absolute atomic E-state index is 0. The van der Waals surface area contributed by atoms with Gasteiger partial charge < -0.3 is 21.5 Å². The predicted octanol–water partition coefficient (Wildman–Crippen LogP) is 0.484. The molecule has 0 aromatic carbocycles. The second kappa shape index (κ2) is 7.88. The number of carbonyl (C=O) groups excluding carboxylic acids is 1. The average molecular weight is 382 g/mol. The number of rotatable bonds is 4. The summed E-state index contributed by atoms with van der Waals surface area (Å²) >= 11 is 0. The van der Waals surface area contributed by atoms with Crippen molar-refractivity contribution in [2.45, 2.75) is 56.8 Å². The van der Waals surface area contributed by atoms with Crippen molar-refractivity contribution in [3.8, 4) is 0 Å². The molecule has 19 heavy (non-hydrogen) atoms.